The Morgan fingerprint density at radius 3 is 2.33 bits per heavy atom. The molecule has 0 saturated heterocycles. The van der Waals surface area contributed by atoms with Crippen LogP contribution in [0.5, 0.6) is 0 Å². The van der Waals surface area contributed by atoms with Crippen LogP contribution in [0, 0.1) is 11.6 Å². The van der Waals surface area contributed by atoms with Gasteiger partial charge in [-0.05, 0) is 38.6 Å². The highest BCUT2D eigenvalue weighted by molar-refractivity contribution is 5.29. The third-order valence-electron chi connectivity index (χ3n) is 2.16. The molecule has 1 rings (SSSR count). The second kappa shape index (κ2) is 4.23. The summed E-state index contributed by atoms with van der Waals surface area (Å²) in [6.07, 6.45) is 0. The van der Waals surface area contributed by atoms with Gasteiger partial charge in [0.1, 0.15) is 5.67 Å². The van der Waals surface area contributed by atoms with Crippen molar-refractivity contribution < 1.29 is 13.2 Å². The monoisotopic (exact) mass is 217 g/mol. The third kappa shape index (κ3) is 2.72. The molecule has 0 radical (unpaired) electrons. The van der Waals surface area contributed by atoms with Gasteiger partial charge < -0.3 is 5.32 Å². The molecule has 4 heteroatoms. The van der Waals surface area contributed by atoms with Gasteiger partial charge in [-0.2, -0.15) is 0 Å². The molecule has 0 saturated carbocycles. The van der Waals surface area contributed by atoms with Crippen molar-refractivity contribution >= 4 is 0 Å². The molecule has 0 aromatic heterocycles. The fraction of sp³-hybridized carbons (Fsp3) is 0.455. The molecular weight excluding hydrogens is 203 g/mol. The number of hydrogen-bond donors (Lipinski definition) is 1. The van der Waals surface area contributed by atoms with E-state index in [9.17, 15) is 13.2 Å². The van der Waals surface area contributed by atoms with Crippen molar-refractivity contribution in [3.63, 3.8) is 0 Å². The van der Waals surface area contributed by atoms with Crippen LogP contribution in [0.2, 0.25) is 0 Å². The molecule has 0 aliphatic heterocycles. The average molecular weight is 217 g/mol. The third-order valence-corrected chi connectivity index (χ3v) is 2.16. The van der Waals surface area contributed by atoms with E-state index < -0.39 is 17.3 Å². The number of alkyl halides is 1. The second-order valence-corrected chi connectivity index (χ2v) is 3.93. The van der Waals surface area contributed by atoms with Gasteiger partial charge in [-0.3, -0.25) is 0 Å². The van der Waals surface area contributed by atoms with Gasteiger partial charge in [0.15, 0.2) is 11.6 Å². The quantitative estimate of drug-likeness (QED) is 0.820. The van der Waals surface area contributed by atoms with E-state index in [0.29, 0.717) is 0 Å². The first-order valence-corrected chi connectivity index (χ1v) is 4.68. The van der Waals surface area contributed by atoms with Crippen LogP contribution in [0.3, 0.4) is 0 Å². The molecule has 1 aromatic carbocycles. The van der Waals surface area contributed by atoms with Crippen LogP contribution in [-0.2, 0) is 12.2 Å². The number of benzene rings is 1. The largest absolute Gasteiger partial charge is 0.316 e. The summed E-state index contributed by atoms with van der Waals surface area (Å²) >= 11 is 0. The fourth-order valence-electron chi connectivity index (χ4n) is 1.31. The van der Waals surface area contributed by atoms with Gasteiger partial charge in [-0.15, -0.1) is 0 Å². The second-order valence-electron chi connectivity index (χ2n) is 3.93. The Labute approximate surface area is 87.3 Å². The van der Waals surface area contributed by atoms with E-state index in [1.807, 2.05) is 0 Å². The lowest BCUT2D eigenvalue weighted by Gasteiger charge is -2.16. The molecular formula is C11H14F3N. The minimum Gasteiger partial charge on any atom is -0.316 e. The maximum absolute atomic E-state index is 13.5. The van der Waals surface area contributed by atoms with Crippen molar-refractivity contribution in [3.05, 3.63) is 34.9 Å². The van der Waals surface area contributed by atoms with E-state index in [4.69, 9.17) is 0 Å². The van der Waals surface area contributed by atoms with Crippen LogP contribution in [-0.4, -0.2) is 7.05 Å². The zero-order valence-corrected chi connectivity index (χ0v) is 9.00. The van der Waals surface area contributed by atoms with Crippen molar-refractivity contribution in [2.45, 2.75) is 26.1 Å². The molecule has 0 aliphatic carbocycles. The van der Waals surface area contributed by atoms with Gasteiger partial charge in [-0.1, -0.05) is 0 Å². The van der Waals surface area contributed by atoms with Crippen molar-refractivity contribution in [1.29, 1.82) is 0 Å². The minimum atomic E-state index is -1.67. The predicted molar refractivity (Wildman–Crippen MR) is 53.3 cm³/mol. The molecule has 0 atom stereocenters. The molecule has 0 bridgehead atoms. The smallest absolute Gasteiger partial charge is 0.163 e. The predicted octanol–water partition coefficient (Wildman–Crippen LogP) is 2.89. The summed E-state index contributed by atoms with van der Waals surface area (Å²) in [5.41, 5.74) is -1.39. The summed E-state index contributed by atoms with van der Waals surface area (Å²) in [6.45, 7) is 2.79. The van der Waals surface area contributed by atoms with Crippen LogP contribution in [0.25, 0.3) is 0 Å². The summed E-state index contributed by atoms with van der Waals surface area (Å²) in [4.78, 5) is 0. The Morgan fingerprint density at radius 2 is 1.87 bits per heavy atom. The molecule has 0 spiro atoms. The topological polar surface area (TPSA) is 12.0 Å². The highest BCUT2D eigenvalue weighted by Gasteiger charge is 2.22. The van der Waals surface area contributed by atoms with Crippen molar-refractivity contribution in [3.8, 4) is 0 Å². The number of halogens is 3. The van der Waals surface area contributed by atoms with Gasteiger partial charge in [0.05, 0.1) is 0 Å². The highest BCUT2D eigenvalue weighted by atomic mass is 19.2. The molecule has 0 fully saturated rings. The van der Waals surface area contributed by atoms with Crippen LogP contribution in [0.15, 0.2) is 12.1 Å². The molecule has 15 heavy (non-hydrogen) atoms. The maximum Gasteiger partial charge on any atom is 0.163 e. The van der Waals surface area contributed by atoms with Crippen molar-refractivity contribution in [2.75, 3.05) is 7.05 Å². The maximum atomic E-state index is 13.5. The Bertz CT molecular complexity index is 356. The van der Waals surface area contributed by atoms with Crippen LogP contribution in [0.1, 0.15) is 25.0 Å². The van der Waals surface area contributed by atoms with Crippen LogP contribution < -0.4 is 5.32 Å². The Hall–Kier alpha value is -1.03. The first-order chi connectivity index (χ1) is 6.86. The molecule has 0 heterocycles. The van der Waals surface area contributed by atoms with E-state index in [0.717, 1.165) is 6.07 Å². The van der Waals surface area contributed by atoms with Crippen LogP contribution >= 0.6 is 0 Å². The van der Waals surface area contributed by atoms with Crippen molar-refractivity contribution in [2.24, 2.45) is 0 Å². The lowest BCUT2D eigenvalue weighted by molar-refractivity contribution is 0.220. The number of rotatable bonds is 3. The fourth-order valence-corrected chi connectivity index (χ4v) is 1.31. The van der Waals surface area contributed by atoms with Gasteiger partial charge >= 0.3 is 0 Å². The van der Waals surface area contributed by atoms with E-state index in [1.165, 1.54) is 19.9 Å². The molecule has 1 aromatic rings. The summed E-state index contributed by atoms with van der Waals surface area (Å²) in [5.74, 6) is -1.93. The normalized spacial score (nSPS) is 11.9. The lowest BCUT2D eigenvalue weighted by atomic mass is 9.97. The standard InChI is InChI=1S/C11H14F3N/c1-11(2,14)8-4-7(6-15-3)10(13)9(12)5-8/h4-5,15H,6H2,1-3H3. The summed E-state index contributed by atoms with van der Waals surface area (Å²) < 4.78 is 39.9. The van der Waals surface area contributed by atoms with Crippen LogP contribution in [0.4, 0.5) is 13.2 Å². The summed E-state index contributed by atoms with van der Waals surface area (Å²) in [5, 5.41) is 2.70. The SMILES string of the molecule is CNCc1cc(C(C)(C)F)cc(F)c1F. The number of nitrogens with one attached hydrogen (secondary N) is 1. The zero-order chi connectivity index (χ0) is 11.6. The lowest BCUT2D eigenvalue weighted by Crippen LogP contribution is -2.14. The summed E-state index contributed by atoms with van der Waals surface area (Å²) in [6, 6.07) is 2.24. The highest BCUT2D eigenvalue weighted by Crippen LogP contribution is 2.27. The van der Waals surface area contributed by atoms with Gasteiger partial charge in [-0.25, -0.2) is 13.2 Å². The van der Waals surface area contributed by atoms with E-state index in [2.05, 4.69) is 5.32 Å². The Kier molecular flexibility index (Phi) is 3.39. The minimum absolute atomic E-state index is 0.137. The molecule has 1 nitrogen and oxygen atoms in total. The van der Waals surface area contributed by atoms with E-state index in [-0.39, 0.29) is 17.7 Å². The van der Waals surface area contributed by atoms with Gasteiger partial charge in [0, 0.05) is 12.1 Å². The van der Waals surface area contributed by atoms with Gasteiger partial charge in [0.25, 0.3) is 0 Å². The Balaban J connectivity index is 3.23. The van der Waals surface area contributed by atoms with Crippen molar-refractivity contribution in [1.82, 2.24) is 5.32 Å². The Morgan fingerprint density at radius 1 is 1.27 bits per heavy atom. The molecule has 0 aliphatic rings. The van der Waals surface area contributed by atoms with Gasteiger partial charge in [0.2, 0.25) is 0 Å². The average Bonchev–Trinajstić information content (AvgIpc) is 2.11. The molecule has 0 amide bonds. The molecule has 0 unspecified atom stereocenters. The molecule has 84 valence electrons. The summed E-state index contributed by atoms with van der Waals surface area (Å²) in [7, 11) is 1.62. The van der Waals surface area contributed by atoms with E-state index in [1.54, 1.807) is 7.05 Å². The zero-order valence-electron chi connectivity index (χ0n) is 9.00. The first-order valence-electron chi connectivity index (χ1n) is 4.68. The van der Waals surface area contributed by atoms with E-state index >= 15 is 0 Å². The molecule has 1 N–H and O–H groups in total. The first kappa shape index (κ1) is 12.0. The number of hydrogen-bond acceptors (Lipinski definition) is 1.